The number of anilines is 1. The molecule has 1 fully saturated rings. The van der Waals surface area contributed by atoms with E-state index in [1.807, 2.05) is 5.38 Å². The molecule has 4 aromatic rings. The first kappa shape index (κ1) is 20.8. The number of nitrogens with zero attached hydrogens (tertiary/aromatic N) is 2. The van der Waals surface area contributed by atoms with Crippen molar-refractivity contribution >= 4 is 33.1 Å². The topological polar surface area (TPSA) is 45.2 Å². The van der Waals surface area contributed by atoms with Gasteiger partial charge in [-0.15, -0.1) is 11.3 Å². The number of hydrogen-bond donors (Lipinski definition) is 1. The second kappa shape index (κ2) is 9.18. The van der Waals surface area contributed by atoms with Crippen LogP contribution in [0.5, 0.6) is 0 Å². The fourth-order valence-electron chi connectivity index (χ4n) is 3.99. The van der Waals surface area contributed by atoms with Crippen molar-refractivity contribution < 1.29 is 9.18 Å². The van der Waals surface area contributed by atoms with Crippen LogP contribution in [0.2, 0.25) is 0 Å². The molecule has 1 N–H and O–H groups in total. The first-order valence-electron chi connectivity index (χ1n) is 10.9. The molecule has 32 heavy (non-hydrogen) atoms. The minimum absolute atomic E-state index is 0.0337. The monoisotopic (exact) mass is 445 g/mol. The Morgan fingerprint density at radius 3 is 2.66 bits per heavy atom. The quantitative estimate of drug-likeness (QED) is 0.357. The zero-order valence-corrected chi connectivity index (χ0v) is 18.4. The number of amides is 1. The summed E-state index contributed by atoms with van der Waals surface area (Å²) in [5, 5.41) is 7.89. The van der Waals surface area contributed by atoms with Crippen molar-refractivity contribution in [1.82, 2.24) is 9.88 Å². The van der Waals surface area contributed by atoms with Crippen LogP contribution in [0.3, 0.4) is 0 Å². The number of rotatable bonds is 8. The highest BCUT2D eigenvalue weighted by molar-refractivity contribution is 7.14. The molecule has 162 valence electrons. The zero-order valence-electron chi connectivity index (χ0n) is 17.6. The number of fused-ring (bicyclic) bond motifs is 1. The van der Waals surface area contributed by atoms with Crippen molar-refractivity contribution in [1.29, 1.82) is 0 Å². The van der Waals surface area contributed by atoms with Crippen molar-refractivity contribution in [3.63, 3.8) is 0 Å². The van der Waals surface area contributed by atoms with E-state index in [9.17, 15) is 9.18 Å². The molecule has 1 amide bonds. The molecule has 1 aliphatic rings. The Morgan fingerprint density at radius 1 is 1.06 bits per heavy atom. The Balaban J connectivity index is 1.20. The SMILES string of the molecule is O=C(CCN(Cc1cccc2ccccc12)C1CC1)Nc1nc(-c2ccc(F)cc2)cs1. The number of benzene rings is 3. The van der Waals surface area contributed by atoms with Crippen molar-refractivity contribution in [2.24, 2.45) is 0 Å². The van der Waals surface area contributed by atoms with Crippen molar-refractivity contribution in [3.8, 4) is 11.3 Å². The largest absolute Gasteiger partial charge is 0.302 e. The molecule has 5 rings (SSSR count). The molecule has 0 spiro atoms. The molecule has 1 aliphatic carbocycles. The molecular formula is C26H24FN3OS. The molecular weight excluding hydrogens is 421 g/mol. The van der Waals surface area contributed by atoms with E-state index >= 15 is 0 Å². The van der Waals surface area contributed by atoms with E-state index in [1.165, 1.54) is 52.6 Å². The third kappa shape index (κ3) is 4.87. The minimum atomic E-state index is -0.277. The van der Waals surface area contributed by atoms with Crippen LogP contribution in [0, 0.1) is 5.82 Å². The highest BCUT2D eigenvalue weighted by Crippen LogP contribution is 2.30. The maximum atomic E-state index is 13.1. The summed E-state index contributed by atoms with van der Waals surface area (Å²) in [4.78, 5) is 19.5. The van der Waals surface area contributed by atoms with Gasteiger partial charge in [0, 0.05) is 36.5 Å². The van der Waals surface area contributed by atoms with Gasteiger partial charge in [0.05, 0.1) is 5.69 Å². The maximum Gasteiger partial charge on any atom is 0.227 e. The number of hydrogen-bond acceptors (Lipinski definition) is 4. The maximum absolute atomic E-state index is 13.1. The van der Waals surface area contributed by atoms with Gasteiger partial charge in [0.1, 0.15) is 5.82 Å². The molecule has 4 nitrogen and oxygen atoms in total. The molecule has 0 bridgehead atoms. The van der Waals surface area contributed by atoms with Gasteiger partial charge in [-0.25, -0.2) is 9.37 Å². The van der Waals surface area contributed by atoms with Gasteiger partial charge in [-0.1, -0.05) is 42.5 Å². The summed E-state index contributed by atoms with van der Waals surface area (Å²) < 4.78 is 13.1. The number of thiazole rings is 1. The van der Waals surface area contributed by atoms with E-state index in [2.05, 4.69) is 57.7 Å². The number of aromatic nitrogens is 1. The van der Waals surface area contributed by atoms with Crippen molar-refractivity contribution in [3.05, 3.63) is 83.5 Å². The first-order valence-corrected chi connectivity index (χ1v) is 11.8. The molecule has 3 aromatic carbocycles. The lowest BCUT2D eigenvalue weighted by atomic mass is 10.0. The van der Waals surface area contributed by atoms with Crippen LogP contribution in [0.1, 0.15) is 24.8 Å². The normalized spacial score (nSPS) is 13.6. The average Bonchev–Trinajstić information content (AvgIpc) is 3.56. The summed E-state index contributed by atoms with van der Waals surface area (Å²) in [5.41, 5.74) is 2.87. The Bertz CT molecular complexity index is 1230. The Morgan fingerprint density at radius 2 is 1.84 bits per heavy atom. The number of carbonyl (C=O) groups is 1. The lowest BCUT2D eigenvalue weighted by Gasteiger charge is -2.22. The van der Waals surface area contributed by atoms with Gasteiger partial charge in [0.15, 0.2) is 5.13 Å². The summed E-state index contributed by atoms with van der Waals surface area (Å²) >= 11 is 1.38. The third-order valence-electron chi connectivity index (χ3n) is 5.83. The Labute approximate surface area is 190 Å². The minimum Gasteiger partial charge on any atom is -0.302 e. The van der Waals surface area contributed by atoms with Crippen LogP contribution < -0.4 is 5.32 Å². The second-order valence-electron chi connectivity index (χ2n) is 8.18. The van der Waals surface area contributed by atoms with E-state index in [0.29, 0.717) is 17.6 Å². The van der Waals surface area contributed by atoms with Crippen molar-refractivity contribution in [2.75, 3.05) is 11.9 Å². The van der Waals surface area contributed by atoms with E-state index < -0.39 is 0 Å². The van der Waals surface area contributed by atoms with Crippen LogP contribution in [0.25, 0.3) is 22.0 Å². The molecule has 6 heteroatoms. The highest BCUT2D eigenvalue weighted by Gasteiger charge is 2.29. The fraction of sp³-hybridized carbons (Fsp3) is 0.231. The predicted octanol–water partition coefficient (Wildman–Crippen LogP) is 6.10. The number of nitrogens with one attached hydrogen (secondary N) is 1. The van der Waals surface area contributed by atoms with Gasteiger partial charge in [0.25, 0.3) is 0 Å². The van der Waals surface area contributed by atoms with Gasteiger partial charge >= 0.3 is 0 Å². The van der Waals surface area contributed by atoms with Crippen LogP contribution in [0.15, 0.2) is 72.1 Å². The fourth-order valence-corrected chi connectivity index (χ4v) is 4.73. The van der Waals surface area contributed by atoms with Gasteiger partial charge in [-0.05, 0) is 53.4 Å². The molecule has 0 saturated heterocycles. The third-order valence-corrected chi connectivity index (χ3v) is 6.59. The number of carbonyl (C=O) groups excluding carboxylic acids is 1. The van der Waals surface area contributed by atoms with E-state index in [1.54, 1.807) is 12.1 Å². The van der Waals surface area contributed by atoms with Gasteiger partial charge in [-0.2, -0.15) is 0 Å². The van der Waals surface area contributed by atoms with Crippen LogP contribution in [0.4, 0.5) is 9.52 Å². The van der Waals surface area contributed by atoms with Gasteiger partial charge < -0.3 is 5.32 Å². The Hall–Kier alpha value is -3.09. The smallest absolute Gasteiger partial charge is 0.227 e. The second-order valence-corrected chi connectivity index (χ2v) is 9.04. The Kier molecular flexibility index (Phi) is 5.97. The molecule has 1 heterocycles. The van der Waals surface area contributed by atoms with Crippen LogP contribution >= 0.6 is 11.3 Å². The number of halogens is 1. The summed E-state index contributed by atoms with van der Waals surface area (Å²) in [6.07, 6.45) is 2.81. The van der Waals surface area contributed by atoms with Gasteiger partial charge in [0.2, 0.25) is 5.91 Å². The summed E-state index contributed by atoms with van der Waals surface area (Å²) in [6.45, 7) is 1.57. The van der Waals surface area contributed by atoms with Crippen molar-refractivity contribution in [2.45, 2.75) is 31.8 Å². The summed E-state index contributed by atoms with van der Waals surface area (Å²) in [5.74, 6) is -0.310. The zero-order chi connectivity index (χ0) is 21.9. The van der Waals surface area contributed by atoms with E-state index in [4.69, 9.17) is 0 Å². The van der Waals surface area contributed by atoms with Gasteiger partial charge in [-0.3, -0.25) is 9.69 Å². The standard InChI is InChI=1S/C26H24FN3OS/c27-21-10-8-19(9-11-21)24-17-32-26(28-24)29-25(31)14-15-30(22-12-13-22)16-20-6-3-5-18-4-1-2-7-23(18)20/h1-11,17,22H,12-16H2,(H,28,29,31). The summed E-state index contributed by atoms with van der Waals surface area (Å²) in [6, 6.07) is 21.7. The van der Waals surface area contributed by atoms with Crippen LogP contribution in [-0.4, -0.2) is 28.4 Å². The first-order chi connectivity index (χ1) is 15.7. The predicted molar refractivity (Wildman–Crippen MR) is 128 cm³/mol. The molecule has 0 unspecified atom stereocenters. The lowest BCUT2D eigenvalue weighted by molar-refractivity contribution is -0.116. The average molecular weight is 446 g/mol. The summed E-state index contributed by atoms with van der Waals surface area (Å²) in [7, 11) is 0. The lowest BCUT2D eigenvalue weighted by Crippen LogP contribution is -2.29. The molecule has 0 radical (unpaired) electrons. The van der Waals surface area contributed by atoms with Crippen LogP contribution in [-0.2, 0) is 11.3 Å². The molecule has 0 aliphatic heterocycles. The van der Waals surface area contributed by atoms with E-state index in [-0.39, 0.29) is 11.7 Å². The molecule has 0 atom stereocenters. The molecule has 1 saturated carbocycles. The van der Waals surface area contributed by atoms with E-state index in [0.717, 1.165) is 24.3 Å². The highest BCUT2D eigenvalue weighted by atomic mass is 32.1. The molecule has 1 aromatic heterocycles.